The highest BCUT2D eigenvalue weighted by Gasteiger charge is 2.16. The van der Waals surface area contributed by atoms with E-state index in [1.807, 2.05) is 0 Å². The topological polar surface area (TPSA) is 105 Å². The van der Waals surface area contributed by atoms with Crippen molar-refractivity contribution in [3.8, 4) is 5.75 Å². The summed E-state index contributed by atoms with van der Waals surface area (Å²) in [4.78, 5) is 9.63. The van der Waals surface area contributed by atoms with Crippen LogP contribution in [0.3, 0.4) is 0 Å². The summed E-state index contributed by atoms with van der Waals surface area (Å²) >= 11 is 0. The lowest BCUT2D eigenvalue weighted by atomic mass is 10.2. The maximum absolute atomic E-state index is 11.0. The summed E-state index contributed by atoms with van der Waals surface area (Å²) in [6.45, 7) is 0. The highest BCUT2D eigenvalue weighted by atomic mass is 16.6. The van der Waals surface area contributed by atoms with Gasteiger partial charge in [0.1, 0.15) is 5.52 Å². The van der Waals surface area contributed by atoms with Crippen molar-refractivity contribution in [2.45, 2.75) is 0 Å². The minimum absolute atomic E-state index is 0.113. The van der Waals surface area contributed by atoms with E-state index in [-0.39, 0.29) is 11.0 Å². The van der Waals surface area contributed by atoms with E-state index in [1.165, 1.54) is 6.07 Å². The highest BCUT2D eigenvalue weighted by molar-refractivity contribution is 5.86. The van der Waals surface area contributed by atoms with E-state index in [4.69, 9.17) is 0 Å². The second-order valence-electron chi connectivity index (χ2n) is 2.30. The van der Waals surface area contributed by atoms with Gasteiger partial charge in [-0.2, -0.15) is 0 Å². The van der Waals surface area contributed by atoms with Crippen LogP contribution in [0.4, 0.5) is 5.69 Å². The molecule has 1 heterocycles. The Morgan fingerprint density at radius 1 is 1.38 bits per heavy atom. The minimum atomic E-state index is -0.797. The fourth-order valence-electron chi connectivity index (χ4n) is 0.996. The molecule has 0 amide bonds. The molecule has 0 aliphatic heterocycles. The van der Waals surface area contributed by atoms with Gasteiger partial charge in [-0.25, -0.2) is 4.63 Å². The van der Waals surface area contributed by atoms with Gasteiger partial charge in [0.05, 0.1) is 4.92 Å². The first-order chi connectivity index (χ1) is 6.20. The third-order valence-corrected chi connectivity index (χ3v) is 1.55. The summed E-state index contributed by atoms with van der Waals surface area (Å²) in [5, 5.41) is 28.1. The molecule has 1 aromatic carbocycles. The molecule has 0 saturated carbocycles. The van der Waals surface area contributed by atoms with E-state index in [2.05, 4.69) is 14.9 Å². The molecule has 66 valence electrons. The Morgan fingerprint density at radius 3 is 2.85 bits per heavy atom. The molecule has 13 heavy (non-hydrogen) atoms. The zero-order valence-corrected chi connectivity index (χ0v) is 6.13. The molecule has 0 saturated heterocycles. The van der Waals surface area contributed by atoms with Crippen molar-refractivity contribution in [3.05, 3.63) is 22.2 Å². The fraction of sp³-hybridized carbons (Fsp3) is 0. The Morgan fingerprint density at radius 2 is 2.15 bits per heavy atom. The molecule has 0 bridgehead atoms. The van der Waals surface area contributed by atoms with Gasteiger partial charge >= 0.3 is 0 Å². The lowest BCUT2D eigenvalue weighted by Gasteiger charge is -2.03. The molecular formula is C6H2N3O4-. The van der Waals surface area contributed by atoms with Crippen LogP contribution in [0.2, 0.25) is 0 Å². The van der Waals surface area contributed by atoms with Crippen molar-refractivity contribution in [1.29, 1.82) is 0 Å². The molecule has 0 spiro atoms. The second kappa shape index (κ2) is 2.41. The highest BCUT2D eigenvalue weighted by Crippen LogP contribution is 2.29. The van der Waals surface area contributed by atoms with Crippen molar-refractivity contribution in [3.63, 3.8) is 0 Å². The van der Waals surface area contributed by atoms with E-state index in [0.717, 1.165) is 6.07 Å². The number of rotatable bonds is 1. The number of aromatic nitrogens is 2. The monoisotopic (exact) mass is 180 g/mol. The minimum Gasteiger partial charge on any atom is -0.868 e. The van der Waals surface area contributed by atoms with Crippen molar-refractivity contribution < 1.29 is 14.7 Å². The van der Waals surface area contributed by atoms with Crippen molar-refractivity contribution >= 4 is 16.7 Å². The number of hydrogen-bond donors (Lipinski definition) is 0. The molecule has 2 rings (SSSR count). The molecule has 0 aliphatic rings. The molecule has 0 atom stereocenters. The molecule has 0 unspecified atom stereocenters. The Kier molecular flexibility index (Phi) is 1.38. The molecule has 1 aromatic heterocycles. The summed E-state index contributed by atoms with van der Waals surface area (Å²) < 4.78 is 4.27. The predicted molar refractivity (Wildman–Crippen MR) is 37.9 cm³/mol. The van der Waals surface area contributed by atoms with Crippen LogP contribution < -0.4 is 5.11 Å². The summed E-state index contributed by atoms with van der Waals surface area (Å²) in [5.74, 6) is -0.701. The van der Waals surface area contributed by atoms with E-state index in [9.17, 15) is 15.2 Å². The third-order valence-electron chi connectivity index (χ3n) is 1.55. The Bertz CT molecular complexity index is 478. The first-order valence-corrected chi connectivity index (χ1v) is 3.27. The Hall–Kier alpha value is -2.18. The lowest BCUT2D eigenvalue weighted by Crippen LogP contribution is -1.98. The standard InChI is InChI=1S/C6H3N3O4/c10-4-2-1-3-5(8-13-7-3)6(4)9(11)12/h1-2,10H/p-1. The number of nitrogens with zero attached hydrogens (tertiary/aromatic N) is 3. The zero-order chi connectivity index (χ0) is 9.42. The van der Waals surface area contributed by atoms with Gasteiger partial charge in [0.2, 0.25) is 5.52 Å². The molecule has 0 N–H and O–H groups in total. The average Bonchev–Trinajstić information content (AvgIpc) is 2.50. The smallest absolute Gasteiger partial charge is 0.293 e. The SMILES string of the molecule is O=[N+]([O-])c1c([O-])ccc2nonc12. The summed E-state index contributed by atoms with van der Waals surface area (Å²) in [6.07, 6.45) is 0. The van der Waals surface area contributed by atoms with E-state index < -0.39 is 16.4 Å². The summed E-state index contributed by atoms with van der Waals surface area (Å²) in [6, 6.07) is 2.38. The number of benzene rings is 1. The van der Waals surface area contributed by atoms with Crippen molar-refractivity contribution in [2.24, 2.45) is 0 Å². The van der Waals surface area contributed by atoms with E-state index in [1.54, 1.807) is 0 Å². The van der Waals surface area contributed by atoms with E-state index in [0.29, 0.717) is 0 Å². The van der Waals surface area contributed by atoms with Crippen molar-refractivity contribution in [1.82, 2.24) is 10.3 Å². The van der Waals surface area contributed by atoms with Crippen molar-refractivity contribution in [2.75, 3.05) is 0 Å². The van der Waals surface area contributed by atoms with Crippen LogP contribution in [0.1, 0.15) is 0 Å². The molecule has 0 aliphatic carbocycles. The molecule has 0 radical (unpaired) electrons. The van der Waals surface area contributed by atoms with Gasteiger partial charge < -0.3 is 5.11 Å². The summed E-state index contributed by atoms with van der Waals surface area (Å²) in [5.41, 5.74) is -0.512. The van der Waals surface area contributed by atoms with Crippen LogP contribution in [0.25, 0.3) is 11.0 Å². The van der Waals surface area contributed by atoms with Crippen LogP contribution in [-0.2, 0) is 0 Å². The Labute approximate surface area is 70.7 Å². The normalized spacial score (nSPS) is 10.5. The van der Waals surface area contributed by atoms with Gasteiger partial charge in [-0.15, -0.1) is 0 Å². The third kappa shape index (κ3) is 0.975. The van der Waals surface area contributed by atoms with Gasteiger partial charge in [0, 0.05) is 0 Å². The lowest BCUT2D eigenvalue weighted by molar-refractivity contribution is -0.396. The molecule has 7 nitrogen and oxygen atoms in total. The van der Waals surface area contributed by atoms with Crippen LogP contribution >= 0.6 is 0 Å². The fourth-order valence-corrected chi connectivity index (χ4v) is 0.996. The Balaban J connectivity index is 2.88. The van der Waals surface area contributed by atoms with Gasteiger partial charge in [-0.05, 0) is 22.1 Å². The van der Waals surface area contributed by atoms with Gasteiger partial charge in [-0.3, -0.25) is 10.1 Å². The maximum atomic E-state index is 11.0. The zero-order valence-electron chi connectivity index (χ0n) is 6.13. The first-order valence-electron chi connectivity index (χ1n) is 3.27. The first kappa shape index (κ1) is 7.47. The molecule has 7 heteroatoms. The quantitative estimate of drug-likeness (QED) is 0.458. The maximum Gasteiger partial charge on any atom is 0.293 e. The summed E-state index contributed by atoms with van der Waals surface area (Å²) in [7, 11) is 0. The molecular weight excluding hydrogens is 178 g/mol. The number of nitro benzene ring substituents is 1. The van der Waals surface area contributed by atoms with E-state index >= 15 is 0 Å². The molecule has 0 fully saturated rings. The van der Waals surface area contributed by atoms with Gasteiger partial charge in [0.15, 0.2) is 0 Å². The predicted octanol–water partition coefficient (Wildman–Crippen LogP) is 0.205. The average molecular weight is 180 g/mol. The second-order valence-corrected chi connectivity index (χ2v) is 2.30. The van der Waals surface area contributed by atoms with Crippen LogP contribution in [-0.4, -0.2) is 15.2 Å². The molecule has 2 aromatic rings. The largest absolute Gasteiger partial charge is 0.868 e. The number of nitro groups is 1. The number of fused-ring (bicyclic) bond motifs is 1. The van der Waals surface area contributed by atoms with Gasteiger partial charge in [-0.1, -0.05) is 6.07 Å². The van der Waals surface area contributed by atoms with Crippen LogP contribution in [0.15, 0.2) is 16.8 Å². The van der Waals surface area contributed by atoms with Gasteiger partial charge in [0.25, 0.3) is 5.69 Å². The van der Waals surface area contributed by atoms with Crippen LogP contribution in [0, 0.1) is 10.1 Å². The van der Waals surface area contributed by atoms with Crippen LogP contribution in [0.5, 0.6) is 5.75 Å². The number of hydrogen-bond acceptors (Lipinski definition) is 6.